The summed E-state index contributed by atoms with van der Waals surface area (Å²) in [6.07, 6.45) is 0. The summed E-state index contributed by atoms with van der Waals surface area (Å²) in [6.45, 7) is 13.3. The smallest absolute Gasteiger partial charge is 0.135 e. The van der Waals surface area contributed by atoms with Gasteiger partial charge in [0.2, 0.25) is 0 Å². The van der Waals surface area contributed by atoms with E-state index in [0.717, 1.165) is 42.7 Å². The van der Waals surface area contributed by atoms with Gasteiger partial charge in [-0.25, -0.2) is 9.97 Å². The third kappa shape index (κ3) is 4.67. The highest BCUT2D eigenvalue weighted by Gasteiger charge is 2.12. The normalized spacial score (nSPS) is 10.8. The van der Waals surface area contributed by atoms with Crippen molar-refractivity contribution in [2.45, 2.75) is 40.5 Å². The van der Waals surface area contributed by atoms with Crippen LogP contribution in [0.3, 0.4) is 0 Å². The molecule has 19 heavy (non-hydrogen) atoms. The van der Waals surface area contributed by atoms with E-state index in [1.165, 1.54) is 0 Å². The van der Waals surface area contributed by atoms with Crippen LogP contribution in [0, 0.1) is 6.92 Å². The first-order valence-electron chi connectivity index (χ1n) is 7.04. The van der Waals surface area contributed by atoms with Crippen LogP contribution in [0.5, 0.6) is 0 Å². The molecule has 1 aromatic rings. The Morgan fingerprint density at radius 1 is 1.11 bits per heavy atom. The summed E-state index contributed by atoms with van der Waals surface area (Å²) in [5, 5.41) is 6.62. The molecule has 5 heteroatoms. The molecule has 0 fully saturated rings. The molecular formula is C14H26N4O. The highest BCUT2D eigenvalue weighted by Crippen LogP contribution is 2.22. The van der Waals surface area contributed by atoms with E-state index in [0.29, 0.717) is 12.5 Å². The van der Waals surface area contributed by atoms with Gasteiger partial charge in [-0.1, -0.05) is 13.8 Å². The summed E-state index contributed by atoms with van der Waals surface area (Å²) in [4.78, 5) is 9.17. The maximum Gasteiger partial charge on any atom is 0.135 e. The third-order valence-electron chi connectivity index (χ3n) is 2.77. The van der Waals surface area contributed by atoms with Gasteiger partial charge in [0.25, 0.3) is 0 Å². The Bertz CT molecular complexity index is 393. The standard InChI is InChI=1S/C14H26N4O/c1-6-15-13-11(5)14(16-8-9-19-7-2)18-12(17-13)10(3)4/h10H,6-9H2,1-5H3,(H2,15,16,17,18). The Morgan fingerprint density at radius 2 is 1.74 bits per heavy atom. The topological polar surface area (TPSA) is 59.1 Å². The second kappa shape index (κ2) is 7.94. The minimum atomic E-state index is 0.311. The van der Waals surface area contributed by atoms with E-state index < -0.39 is 0 Å². The van der Waals surface area contributed by atoms with Gasteiger partial charge < -0.3 is 15.4 Å². The quantitative estimate of drug-likeness (QED) is 0.709. The van der Waals surface area contributed by atoms with Crippen molar-refractivity contribution in [3.63, 3.8) is 0 Å². The zero-order valence-electron chi connectivity index (χ0n) is 12.7. The van der Waals surface area contributed by atoms with Crippen LogP contribution in [0.4, 0.5) is 11.6 Å². The summed E-state index contributed by atoms with van der Waals surface area (Å²) >= 11 is 0. The summed E-state index contributed by atoms with van der Waals surface area (Å²) in [5.41, 5.74) is 1.06. The first-order valence-corrected chi connectivity index (χ1v) is 7.04. The average Bonchev–Trinajstić information content (AvgIpc) is 2.38. The van der Waals surface area contributed by atoms with Crippen LogP contribution < -0.4 is 10.6 Å². The van der Waals surface area contributed by atoms with Gasteiger partial charge >= 0.3 is 0 Å². The van der Waals surface area contributed by atoms with Gasteiger partial charge in [-0.15, -0.1) is 0 Å². The molecule has 1 aromatic heterocycles. The Balaban J connectivity index is 2.87. The molecule has 0 aliphatic heterocycles. The van der Waals surface area contributed by atoms with Crippen molar-refractivity contribution < 1.29 is 4.74 Å². The molecular weight excluding hydrogens is 240 g/mol. The maximum absolute atomic E-state index is 5.33. The zero-order chi connectivity index (χ0) is 14.3. The van der Waals surface area contributed by atoms with E-state index in [1.807, 2.05) is 13.8 Å². The molecule has 0 aromatic carbocycles. The number of hydrogen-bond acceptors (Lipinski definition) is 5. The molecule has 0 spiro atoms. The minimum absolute atomic E-state index is 0.311. The molecule has 0 amide bonds. The van der Waals surface area contributed by atoms with Gasteiger partial charge in [0, 0.05) is 31.2 Å². The molecule has 0 saturated heterocycles. The van der Waals surface area contributed by atoms with Crippen molar-refractivity contribution >= 4 is 11.6 Å². The van der Waals surface area contributed by atoms with Crippen molar-refractivity contribution in [2.24, 2.45) is 0 Å². The lowest BCUT2D eigenvalue weighted by atomic mass is 10.2. The molecule has 0 radical (unpaired) electrons. The highest BCUT2D eigenvalue weighted by atomic mass is 16.5. The highest BCUT2D eigenvalue weighted by molar-refractivity contribution is 5.57. The number of nitrogens with one attached hydrogen (secondary N) is 2. The lowest BCUT2D eigenvalue weighted by Crippen LogP contribution is -2.15. The van der Waals surface area contributed by atoms with Crippen molar-refractivity contribution in [3.05, 3.63) is 11.4 Å². The number of nitrogens with zero attached hydrogens (tertiary/aromatic N) is 2. The van der Waals surface area contributed by atoms with Gasteiger partial charge in [-0.05, 0) is 20.8 Å². The average molecular weight is 266 g/mol. The van der Waals surface area contributed by atoms with Crippen LogP contribution in [-0.4, -0.2) is 36.3 Å². The SMILES string of the molecule is CCNc1nc(C(C)C)nc(NCCOCC)c1C. The van der Waals surface area contributed by atoms with Crippen LogP contribution in [0.15, 0.2) is 0 Å². The molecule has 0 aliphatic carbocycles. The van der Waals surface area contributed by atoms with Gasteiger partial charge in [0.15, 0.2) is 0 Å². The Morgan fingerprint density at radius 3 is 2.26 bits per heavy atom. The van der Waals surface area contributed by atoms with E-state index in [1.54, 1.807) is 0 Å². The van der Waals surface area contributed by atoms with Gasteiger partial charge in [-0.3, -0.25) is 0 Å². The molecule has 108 valence electrons. The van der Waals surface area contributed by atoms with Crippen LogP contribution in [0.2, 0.25) is 0 Å². The molecule has 5 nitrogen and oxygen atoms in total. The summed E-state index contributed by atoms with van der Waals surface area (Å²) in [7, 11) is 0. The number of ether oxygens (including phenoxy) is 1. The van der Waals surface area contributed by atoms with E-state index in [2.05, 4.69) is 41.4 Å². The summed E-state index contributed by atoms with van der Waals surface area (Å²) in [6, 6.07) is 0. The number of hydrogen-bond donors (Lipinski definition) is 2. The molecule has 0 atom stereocenters. The predicted molar refractivity (Wildman–Crippen MR) is 80.0 cm³/mol. The molecule has 0 unspecified atom stereocenters. The summed E-state index contributed by atoms with van der Waals surface area (Å²) in [5.74, 6) is 2.99. The Hall–Kier alpha value is -1.36. The predicted octanol–water partition coefficient (Wildman–Crippen LogP) is 2.79. The minimum Gasteiger partial charge on any atom is -0.380 e. The van der Waals surface area contributed by atoms with Crippen molar-refractivity contribution in [3.8, 4) is 0 Å². The fourth-order valence-corrected chi connectivity index (χ4v) is 1.69. The lowest BCUT2D eigenvalue weighted by molar-refractivity contribution is 0.158. The second-order valence-electron chi connectivity index (χ2n) is 4.71. The molecule has 1 rings (SSSR count). The lowest BCUT2D eigenvalue weighted by Gasteiger charge is -2.15. The van der Waals surface area contributed by atoms with E-state index in [4.69, 9.17) is 4.74 Å². The van der Waals surface area contributed by atoms with Crippen LogP contribution in [-0.2, 0) is 4.74 Å². The number of rotatable bonds is 8. The van der Waals surface area contributed by atoms with Crippen LogP contribution >= 0.6 is 0 Å². The van der Waals surface area contributed by atoms with E-state index >= 15 is 0 Å². The fraction of sp³-hybridized carbons (Fsp3) is 0.714. The van der Waals surface area contributed by atoms with Crippen molar-refractivity contribution in [2.75, 3.05) is 36.9 Å². The largest absolute Gasteiger partial charge is 0.380 e. The summed E-state index contributed by atoms with van der Waals surface area (Å²) < 4.78 is 5.33. The molecule has 2 N–H and O–H groups in total. The second-order valence-corrected chi connectivity index (χ2v) is 4.71. The van der Waals surface area contributed by atoms with E-state index in [9.17, 15) is 0 Å². The molecule has 1 heterocycles. The third-order valence-corrected chi connectivity index (χ3v) is 2.77. The van der Waals surface area contributed by atoms with Crippen LogP contribution in [0.25, 0.3) is 0 Å². The Labute approximate surface area is 116 Å². The van der Waals surface area contributed by atoms with Gasteiger partial charge in [0.05, 0.1) is 6.61 Å². The number of anilines is 2. The number of aromatic nitrogens is 2. The maximum atomic E-state index is 5.33. The molecule has 0 bridgehead atoms. The van der Waals surface area contributed by atoms with Gasteiger partial charge in [-0.2, -0.15) is 0 Å². The Kier molecular flexibility index (Phi) is 6.56. The van der Waals surface area contributed by atoms with Crippen LogP contribution in [0.1, 0.15) is 45.0 Å². The van der Waals surface area contributed by atoms with Gasteiger partial charge in [0.1, 0.15) is 17.5 Å². The van der Waals surface area contributed by atoms with E-state index in [-0.39, 0.29) is 0 Å². The first-order chi connectivity index (χ1) is 9.10. The molecule has 0 aliphatic rings. The molecule has 0 saturated carbocycles. The van der Waals surface area contributed by atoms with Crippen molar-refractivity contribution in [1.29, 1.82) is 0 Å². The monoisotopic (exact) mass is 266 g/mol. The fourth-order valence-electron chi connectivity index (χ4n) is 1.69. The first kappa shape index (κ1) is 15.7. The zero-order valence-corrected chi connectivity index (χ0v) is 12.7. The van der Waals surface area contributed by atoms with Crippen molar-refractivity contribution in [1.82, 2.24) is 9.97 Å².